The highest BCUT2D eigenvalue weighted by atomic mass is 15.0. The van der Waals surface area contributed by atoms with E-state index in [1.807, 2.05) is 48.5 Å². The Labute approximate surface area is 228 Å². The number of nitrogens with one attached hydrogen (secondary N) is 2. The molecule has 0 fully saturated rings. The van der Waals surface area contributed by atoms with E-state index in [4.69, 9.17) is 19.9 Å². The summed E-state index contributed by atoms with van der Waals surface area (Å²) < 4.78 is 0. The van der Waals surface area contributed by atoms with Gasteiger partial charge in [0.15, 0.2) is 0 Å². The van der Waals surface area contributed by atoms with Crippen molar-refractivity contribution in [1.29, 1.82) is 0 Å². The van der Waals surface area contributed by atoms with Crippen LogP contribution in [0.1, 0.15) is 0 Å². The van der Waals surface area contributed by atoms with E-state index in [0.717, 1.165) is 89.2 Å². The summed E-state index contributed by atoms with van der Waals surface area (Å²) in [5.41, 5.74) is 10.8. The van der Waals surface area contributed by atoms with E-state index < -0.39 is 0 Å². The maximum Gasteiger partial charge on any atom is 0.140 e. The van der Waals surface area contributed by atoms with Crippen LogP contribution in [-0.2, 0) is 0 Å². The van der Waals surface area contributed by atoms with Crippen molar-refractivity contribution in [2.75, 3.05) is 0 Å². The molecule has 8 bridgehead atoms. The zero-order valence-electron chi connectivity index (χ0n) is 21.2. The predicted molar refractivity (Wildman–Crippen MR) is 160 cm³/mol. The summed E-state index contributed by atoms with van der Waals surface area (Å²) in [6.07, 6.45) is 0. The third-order valence-corrected chi connectivity index (χ3v) is 7.78. The minimum Gasteiger partial charge on any atom is -0.324 e. The van der Waals surface area contributed by atoms with Gasteiger partial charge < -0.3 is 9.97 Å². The van der Waals surface area contributed by atoms with Crippen LogP contribution in [0.15, 0.2) is 109 Å². The van der Waals surface area contributed by atoms with Crippen LogP contribution in [0.5, 0.6) is 0 Å². The van der Waals surface area contributed by atoms with Crippen molar-refractivity contribution in [3.05, 3.63) is 109 Å². The molecule has 2 aliphatic rings. The van der Waals surface area contributed by atoms with Gasteiger partial charge in [0.25, 0.3) is 0 Å². The van der Waals surface area contributed by atoms with Crippen LogP contribution < -0.4 is 0 Å². The zero-order chi connectivity index (χ0) is 26.2. The highest BCUT2D eigenvalue weighted by Gasteiger charge is 2.19. The molecule has 0 unspecified atom stereocenters. The number of rotatable bonds is 0. The molecule has 186 valence electrons. The lowest BCUT2D eigenvalue weighted by molar-refractivity contribution is 1.31. The largest absolute Gasteiger partial charge is 0.324 e. The predicted octanol–water partition coefficient (Wildman–Crippen LogP) is 8.08. The molecule has 0 amide bonds. The third-order valence-electron chi connectivity index (χ3n) is 7.78. The number of benzene rings is 4. The standard InChI is InChI=1S/C34H20N6/c1-2-10-20-19(9-1)27-17-28(20)36-32-25-15-7-8-16-26(25)34(40-32)38-30-18-29(21-11-3-4-12-22(21)30)37-33-24-14-6-5-13-23(24)31(35-27)39-33/h1-18H,(H,35,37,39)(H,36,38,40). The Hall–Kier alpha value is -5.62. The number of nitrogens with zero attached hydrogens (tertiary/aromatic N) is 4. The van der Waals surface area contributed by atoms with E-state index in [9.17, 15) is 0 Å². The third kappa shape index (κ3) is 3.04. The van der Waals surface area contributed by atoms with Crippen molar-refractivity contribution >= 4 is 44.1 Å². The van der Waals surface area contributed by atoms with Crippen molar-refractivity contribution in [2.45, 2.75) is 0 Å². The van der Waals surface area contributed by atoms with E-state index in [-0.39, 0.29) is 0 Å². The van der Waals surface area contributed by atoms with Gasteiger partial charge in [-0.2, -0.15) is 0 Å². The number of aromatic nitrogens is 6. The highest BCUT2D eigenvalue weighted by molar-refractivity contribution is 6.06. The lowest BCUT2D eigenvalue weighted by Crippen LogP contribution is -1.82. The Kier molecular flexibility index (Phi) is 4.24. The van der Waals surface area contributed by atoms with Gasteiger partial charge in [0.2, 0.25) is 0 Å². The van der Waals surface area contributed by atoms with Crippen LogP contribution >= 0.6 is 0 Å². The number of fused-ring (bicyclic) bond motifs is 20. The number of H-pyrrole nitrogens is 2. The Bertz CT molecular complexity index is 2020. The molecule has 0 radical (unpaired) electrons. The van der Waals surface area contributed by atoms with Crippen LogP contribution in [0.4, 0.5) is 0 Å². The minimum atomic E-state index is 0.775. The minimum absolute atomic E-state index is 0.775. The van der Waals surface area contributed by atoms with E-state index in [1.165, 1.54) is 0 Å². The smallest absolute Gasteiger partial charge is 0.140 e. The van der Waals surface area contributed by atoms with Gasteiger partial charge in [0, 0.05) is 43.8 Å². The summed E-state index contributed by atoms with van der Waals surface area (Å²) in [5.74, 6) is 0. The zero-order valence-corrected chi connectivity index (χ0v) is 21.2. The Morgan fingerprint density at radius 1 is 0.325 bits per heavy atom. The fourth-order valence-electron chi connectivity index (χ4n) is 5.92. The van der Waals surface area contributed by atoms with Crippen molar-refractivity contribution in [1.82, 2.24) is 29.9 Å². The van der Waals surface area contributed by atoms with E-state index in [2.05, 4.69) is 70.6 Å². The molecular weight excluding hydrogens is 492 g/mol. The number of hydrogen-bond acceptors (Lipinski definition) is 4. The van der Waals surface area contributed by atoms with Gasteiger partial charge in [-0.05, 0) is 12.1 Å². The van der Waals surface area contributed by atoms with Crippen LogP contribution in [0.25, 0.3) is 89.2 Å². The fraction of sp³-hybridized carbons (Fsp3) is 0. The quantitative estimate of drug-likeness (QED) is 0.215. The maximum absolute atomic E-state index is 5.15. The maximum atomic E-state index is 5.15. The Balaban J connectivity index is 1.51. The average molecular weight is 513 g/mol. The summed E-state index contributed by atoms with van der Waals surface area (Å²) >= 11 is 0. The van der Waals surface area contributed by atoms with E-state index in [1.54, 1.807) is 0 Å². The molecule has 0 saturated carbocycles. The van der Waals surface area contributed by atoms with Gasteiger partial charge in [-0.1, -0.05) is 97.1 Å². The molecule has 9 rings (SSSR count). The second-order valence-electron chi connectivity index (χ2n) is 10.1. The summed E-state index contributed by atoms with van der Waals surface area (Å²) in [5, 5.41) is 4.09. The average Bonchev–Trinajstić information content (AvgIpc) is 3.73. The molecule has 3 heterocycles. The highest BCUT2D eigenvalue weighted by Crippen LogP contribution is 2.39. The molecule has 6 heteroatoms. The van der Waals surface area contributed by atoms with Gasteiger partial charge in [-0.3, -0.25) is 0 Å². The molecule has 4 aromatic carbocycles. The summed E-state index contributed by atoms with van der Waals surface area (Å²) in [6, 6.07) is 37.2. The van der Waals surface area contributed by atoms with Gasteiger partial charge in [0.05, 0.1) is 22.8 Å². The van der Waals surface area contributed by atoms with Crippen LogP contribution in [0.3, 0.4) is 0 Å². The molecule has 3 aromatic heterocycles. The molecule has 40 heavy (non-hydrogen) atoms. The lowest BCUT2D eigenvalue weighted by atomic mass is 10.1. The summed E-state index contributed by atoms with van der Waals surface area (Å²) in [6.45, 7) is 0. The summed E-state index contributed by atoms with van der Waals surface area (Å²) in [7, 11) is 0. The molecule has 0 aliphatic heterocycles. The first-order chi connectivity index (χ1) is 19.8. The van der Waals surface area contributed by atoms with Crippen LogP contribution in [-0.4, -0.2) is 29.9 Å². The van der Waals surface area contributed by atoms with Crippen LogP contribution in [0, 0.1) is 0 Å². The molecule has 6 nitrogen and oxygen atoms in total. The molecule has 2 aliphatic carbocycles. The first-order valence-corrected chi connectivity index (χ1v) is 13.3. The number of hydrogen-bond donors (Lipinski definition) is 2. The van der Waals surface area contributed by atoms with Gasteiger partial charge in [-0.15, -0.1) is 0 Å². The fourth-order valence-corrected chi connectivity index (χ4v) is 5.92. The van der Waals surface area contributed by atoms with Gasteiger partial charge >= 0.3 is 0 Å². The summed E-state index contributed by atoms with van der Waals surface area (Å²) in [4.78, 5) is 27.6. The SMILES string of the molecule is c1ccc2c(c1)-c1cc-2nc2[nH]c(nc3cc(nc4[nH]c(n1)c1ccccc41)-c1ccccc1-3)c1ccccc21. The van der Waals surface area contributed by atoms with Crippen molar-refractivity contribution in [3.63, 3.8) is 0 Å². The van der Waals surface area contributed by atoms with Gasteiger partial charge in [-0.25, -0.2) is 19.9 Å². The van der Waals surface area contributed by atoms with Crippen molar-refractivity contribution in [3.8, 4) is 45.0 Å². The first kappa shape index (κ1) is 21.3. The van der Waals surface area contributed by atoms with Gasteiger partial charge in [0.1, 0.15) is 22.6 Å². The van der Waals surface area contributed by atoms with E-state index >= 15 is 0 Å². The van der Waals surface area contributed by atoms with Crippen molar-refractivity contribution in [2.24, 2.45) is 0 Å². The normalized spacial score (nSPS) is 12.0. The second kappa shape index (κ2) is 7.94. The van der Waals surface area contributed by atoms with Crippen LogP contribution in [0.2, 0.25) is 0 Å². The Morgan fingerprint density at radius 3 is 0.850 bits per heavy atom. The van der Waals surface area contributed by atoms with Crippen molar-refractivity contribution < 1.29 is 0 Å². The molecule has 0 atom stereocenters. The molecule has 7 aromatic rings. The molecule has 2 N–H and O–H groups in total. The first-order valence-electron chi connectivity index (χ1n) is 13.3. The second-order valence-corrected chi connectivity index (χ2v) is 10.1. The lowest BCUT2D eigenvalue weighted by Gasteiger charge is -1.99. The number of aromatic amines is 2. The Morgan fingerprint density at radius 2 is 0.575 bits per heavy atom. The monoisotopic (exact) mass is 512 g/mol. The molecule has 0 spiro atoms. The molecular formula is C34H20N6. The van der Waals surface area contributed by atoms with E-state index in [0.29, 0.717) is 0 Å². The molecule has 0 saturated heterocycles. The topological polar surface area (TPSA) is 83.1 Å².